The van der Waals surface area contributed by atoms with Crippen LogP contribution >= 0.6 is 0 Å². The number of hydrogen-bond donors (Lipinski definition) is 5. The van der Waals surface area contributed by atoms with Crippen molar-refractivity contribution in [2.45, 2.75) is 5.79 Å². The number of amides is 1. The van der Waals surface area contributed by atoms with E-state index in [1.807, 2.05) is 0 Å². The highest BCUT2D eigenvalue weighted by molar-refractivity contribution is 6.05. The number of aliphatic carboxylic acids is 1. The van der Waals surface area contributed by atoms with Crippen LogP contribution in [0.2, 0.25) is 0 Å². The van der Waals surface area contributed by atoms with Crippen LogP contribution in [-0.2, 0) is 4.79 Å². The van der Waals surface area contributed by atoms with Crippen molar-refractivity contribution >= 4 is 24.2 Å². The smallest absolute Gasteiger partial charge is 0.372 e. The first-order valence-electron chi connectivity index (χ1n) is 6.35. The van der Waals surface area contributed by atoms with Crippen LogP contribution in [-0.4, -0.2) is 49.4 Å². The molecule has 0 radical (unpaired) electrons. The molecular formula is C12H12N8O4. The van der Waals surface area contributed by atoms with Gasteiger partial charge in [0.05, 0.1) is 5.56 Å². The lowest BCUT2D eigenvalue weighted by atomic mass is 10.2. The summed E-state index contributed by atoms with van der Waals surface area (Å²) in [5.41, 5.74) is 5.23. The molecule has 0 fully saturated rings. The van der Waals surface area contributed by atoms with Gasteiger partial charge in [-0.2, -0.15) is 10.1 Å². The number of benzene rings is 1. The van der Waals surface area contributed by atoms with Crippen LogP contribution in [0.5, 0.6) is 5.75 Å². The van der Waals surface area contributed by atoms with Gasteiger partial charge in [-0.1, -0.05) is 12.1 Å². The van der Waals surface area contributed by atoms with Crippen LogP contribution < -0.4 is 11.1 Å². The summed E-state index contributed by atoms with van der Waals surface area (Å²) in [7, 11) is 0. The summed E-state index contributed by atoms with van der Waals surface area (Å²) >= 11 is 0. The second kappa shape index (κ2) is 7.06. The molecule has 1 unspecified atom stereocenters. The maximum absolute atomic E-state index is 11.6. The average Bonchev–Trinajstić information content (AvgIpc) is 3.21. The number of anilines is 1. The molecule has 12 nitrogen and oxygen atoms in total. The third-order valence-corrected chi connectivity index (χ3v) is 2.63. The number of aromatic nitrogens is 3. The van der Waals surface area contributed by atoms with Gasteiger partial charge in [-0.3, -0.25) is 15.8 Å². The summed E-state index contributed by atoms with van der Waals surface area (Å²) in [6.45, 7) is 0. The highest BCUT2D eigenvalue weighted by Crippen LogP contribution is 2.16. The maximum Gasteiger partial charge on any atom is 0.372 e. The van der Waals surface area contributed by atoms with Crippen molar-refractivity contribution in [1.29, 1.82) is 0 Å². The molecule has 6 N–H and O–H groups in total. The lowest BCUT2D eigenvalue weighted by molar-refractivity contribution is -0.142. The van der Waals surface area contributed by atoms with E-state index in [0.717, 1.165) is 6.34 Å². The zero-order valence-electron chi connectivity index (χ0n) is 12.0. The number of carboxylic acid groups (broad SMARTS) is 1. The molecule has 1 aliphatic heterocycles. The number of phenols is 1. The quantitative estimate of drug-likeness (QED) is 0.519. The van der Waals surface area contributed by atoms with Gasteiger partial charge in [0.15, 0.2) is 0 Å². The molecule has 0 saturated carbocycles. The Morgan fingerprint density at radius 3 is 2.54 bits per heavy atom. The van der Waals surface area contributed by atoms with Crippen molar-refractivity contribution in [3.8, 4) is 5.75 Å². The number of nitrogens with two attached hydrogens (primary N) is 1. The number of H-pyrrole nitrogens is 1. The fourth-order valence-electron chi connectivity index (χ4n) is 1.46. The van der Waals surface area contributed by atoms with Crippen molar-refractivity contribution in [1.82, 2.24) is 15.2 Å². The van der Waals surface area contributed by atoms with Crippen molar-refractivity contribution < 1.29 is 19.8 Å². The van der Waals surface area contributed by atoms with Crippen molar-refractivity contribution in [2.24, 2.45) is 21.0 Å². The van der Waals surface area contributed by atoms with Gasteiger partial charge in [0.25, 0.3) is 5.91 Å². The minimum absolute atomic E-state index is 0.0745. The summed E-state index contributed by atoms with van der Waals surface area (Å²) in [5, 5.41) is 32.5. The van der Waals surface area contributed by atoms with E-state index >= 15 is 0 Å². The number of aliphatic imine (C=N–C) groups is 1. The first-order chi connectivity index (χ1) is 11.4. The number of carboxylic acids is 1. The molecule has 0 aliphatic carbocycles. The molecule has 2 aromatic rings. The zero-order valence-corrected chi connectivity index (χ0v) is 12.0. The van der Waals surface area contributed by atoms with E-state index in [1.165, 1.54) is 18.5 Å². The molecule has 1 atom stereocenters. The highest BCUT2D eigenvalue weighted by Gasteiger charge is 2.35. The summed E-state index contributed by atoms with van der Waals surface area (Å²) in [4.78, 5) is 28.7. The van der Waals surface area contributed by atoms with E-state index in [2.05, 4.69) is 35.7 Å². The zero-order chi connectivity index (χ0) is 17.6. The van der Waals surface area contributed by atoms with Gasteiger partial charge in [0.2, 0.25) is 5.95 Å². The summed E-state index contributed by atoms with van der Waals surface area (Å²) in [5.74, 6) is -3.44. The molecule has 1 aromatic carbocycles. The van der Waals surface area contributed by atoms with Crippen LogP contribution in [0.25, 0.3) is 0 Å². The number of phenolic OH excluding ortho intramolecular Hbond substituents is 1. The fourth-order valence-corrected chi connectivity index (χ4v) is 1.46. The predicted octanol–water partition coefficient (Wildman–Crippen LogP) is -0.0598. The number of para-hydroxylation sites is 1. The number of aromatic hydroxyl groups is 1. The van der Waals surface area contributed by atoms with Crippen LogP contribution in [0.1, 0.15) is 10.4 Å². The molecule has 12 heteroatoms. The number of azo groups is 1. The molecule has 24 heavy (non-hydrogen) atoms. The van der Waals surface area contributed by atoms with E-state index in [1.54, 1.807) is 12.1 Å². The van der Waals surface area contributed by atoms with E-state index in [4.69, 9.17) is 10.8 Å². The molecule has 0 saturated heterocycles. The Kier molecular flexibility index (Phi) is 4.91. The second-order valence-electron chi connectivity index (χ2n) is 4.30. The monoisotopic (exact) mass is 332 g/mol. The van der Waals surface area contributed by atoms with Crippen molar-refractivity contribution in [3.63, 3.8) is 0 Å². The lowest BCUT2D eigenvalue weighted by Crippen LogP contribution is -2.42. The van der Waals surface area contributed by atoms with E-state index in [9.17, 15) is 14.7 Å². The number of nitrogens with one attached hydrogen (secondary N) is 2. The Bertz CT molecular complexity index is 774. The second-order valence-corrected chi connectivity index (χ2v) is 4.30. The maximum atomic E-state index is 11.6. The van der Waals surface area contributed by atoms with Gasteiger partial charge in [0, 0.05) is 0 Å². The number of carbonyl (C=O) groups excluding carboxylic acids is 1. The molecule has 1 aliphatic rings. The Hall–Kier alpha value is -3.67. The van der Waals surface area contributed by atoms with Gasteiger partial charge < -0.3 is 10.2 Å². The van der Waals surface area contributed by atoms with Gasteiger partial charge in [-0.25, -0.2) is 14.9 Å². The number of nitrogens with zero attached hydrogens (tertiary/aromatic N) is 5. The Labute approximate surface area is 134 Å². The third kappa shape index (κ3) is 3.95. The summed E-state index contributed by atoms with van der Waals surface area (Å²) in [6.07, 6.45) is 2.29. The topological polar surface area (TPSA) is 191 Å². The predicted molar refractivity (Wildman–Crippen MR) is 80.3 cm³/mol. The molecule has 1 amide bonds. The van der Waals surface area contributed by atoms with Gasteiger partial charge in [-0.15, -0.1) is 10.2 Å². The fraction of sp³-hybridized carbons (Fsp3) is 0.0833. The standard InChI is InChI=1S/C9H8N4O2.C3H4N4O2/c14-7-4-2-1-3-6(7)8(15)12-9-10-5-11-13-9;4-3(2(8)9)5-1-6-7-3/h1-5,14H,(H2,10,11,12,13,15);1H,4H2,(H,8,9). The summed E-state index contributed by atoms with van der Waals surface area (Å²) in [6, 6.07) is 6.26. The average molecular weight is 332 g/mol. The van der Waals surface area contributed by atoms with Crippen molar-refractivity contribution in [2.75, 3.05) is 5.32 Å². The Morgan fingerprint density at radius 2 is 2.04 bits per heavy atom. The molecular weight excluding hydrogens is 320 g/mol. The van der Waals surface area contributed by atoms with Crippen molar-refractivity contribution in [3.05, 3.63) is 36.2 Å². The normalized spacial score (nSPS) is 17.9. The highest BCUT2D eigenvalue weighted by atomic mass is 16.4. The van der Waals surface area contributed by atoms with Crippen LogP contribution in [0.4, 0.5) is 5.95 Å². The molecule has 2 heterocycles. The molecule has 0 spiro atoms. The largest absolute Gasteiger partial charge is 0.507 e. The SMILES string of the molecule is NC1(C(=O)O)N=CN=N1.O=C(Nc1ncn[nH]1)c1ccccc1O. The number of carbonyl (C=O) groups is 2. The van der Waals surface area contributed by atoms with Gasteiger partial charge in [0.1, 0.15) is 18.4 Å². The number of rotatable bonds is 3. The number of hydrogen-bond acceptors (Lipinski definition) is 9. The Morgan fingerprint density at radius 1 is 1.29 bits per heavy atom. The minimum atomic E-state index is -1.86. The molecule has 3 rings (SSSR count). The van der Waals surface area contributed by atoms with E-state index in [-0.39, 0.29) is 17.3 Å². The Balaban J connectivity index is 0.000000198. The molecule has 1 aromatic heterocycles. The first kappa shape index (κ1) is 16.7. The van der Waals surface area contributed by atoms with Crippen LogP contribution in [0.15, 0.2) is 45.8 Å². The third-order valence-electron chi connectivity index (χ3n) is 2.63. The van der Waals surface area contributed by atoms with E-state index < -0.39 is 17.7 Å². The number of aromatic amines is 1. The lowest BCUT2D eigenvalue weighted by Gasteiger charge is -2.06. The van der Waals surface area contributed by atoms with Crippen LogP contribution in [0, 0.1) is 0 Å². The van der Waals surface area contributed by atoms with Gasteiger partial charge >= 0.3 is 11.8 Å². The molecule has 124 valence electrons. The summed E-state index contributed by atoms with van der Waals surface area (Å²) < 4.78 is 0. The van der Waals surface area contributed by atoms with Gasteiger partial charge in [-0.05, 0) is 12.1 Å². The first-order valence-corrected chi connectivity index (χ1v) is 6.35. The van der Waals surface area contributed by atoms with E-state index in [0.29, 0.717) is 0 Å². The molecule has 0 bridgehead atoms. The van der Waals surface area contributed by atoms with Crippen LogP contribution in [0.3, 0.4) is 0 Å². The minimum Gasteiger partial charge on any atom is -0.507 e.